The molecule has 5 nitrogen and oxygen atoms in total. The van der Waals surface area contributed by atoms with Gasteiger partial charge < -0.3 is 0 Å². The summed E-state index contributed by atoms with van der Waals surface area (Å²) in [5.74, 6) is 0.267. The first-order valence-electron chi connectivity index (χ1n) is 6.25. The van der Waals surface area contributed by atoms with Crippen molar-refractivity contribution in [3.8, 4) is 11.3 Å². The van der Waals surface area contributed by atoms with Crippen molar-refractivity contribution in [3.05, 3.63) is 46.8 Å². The molecule has 0 saturated carbocycles. The van der Waals surface area contributed by atoms with E-state index in [-0.39, 0.29) is 16.3 Å². The molecule has 0 aliphatic carbocycles. The van der Waals surface area contributed by atoms with E-state index < -0.39 is 0 Å². The second-order valence-corrected chi connectivity index (χ2v) is 5.92. The van der Waals surface area contributed by atoms with Gasteiger partial charge in [-0.1, -0.05) is 46.3 Å². The largest absolute Gasteiger partial charge is 0.292 e. The van der Waals surface area contributed by atoms with E-state index in [9.17, 15) is 9.59 Å². The van der Waals surface area contributed by atoms with Crippen LogP contribution in [0.1, 0.15) is 6.42 Å². The van der Waals surface area contributed by atoms with E-state index in [1.165, 1.54) is 11.0 Å². The molecule has 1 aromatic carbocycles. The molecule has 0 spiro atoms. The molecule has 1 N–H and O–H groups in total. The second-order valence-electron chi connectivity index (χ2n) is 4.63. The fraction of sp³-hybridized carbons (Fsp3) is 0.214. The van der Waals surface area contributed by atoms with Gasteiger partial charge in [0.25, 0.3) is 5.56 Å². The van der Waals surface area contributed by atoms with Crippen molar-refractivity contribution in [2.75, 3.05) is 11.4 Å². The zero-order valence-electron chi connectivity index (χ0n) is 10.5. The molecule has 2 aromatic rings. The molecule has 0 radical (unpaired) electrons. The predicted octanol–water partition coefficient (Wildman–Crippen LogP) is 1.94. The lowest BCUT2D eigenvalue weighted by Gasteiger charge is -2.14. The highest BCUT2D eigenvalue weighted by atomic mass is 79.9. The van der Waals surface area contributed by atoms with Crippen molar-refractivity contribution in [3.63, 3.8) is 0 Å². The molecule has 1 aliphatic rings. The van der Waals surface area contributed by atoms with E-state index >= 15 is 0 Å². The summed E-state index contributed by atoms with van der Waals surface area (Å²) in [6, 6.07) is 10.9. The zero-order valence-corrected chi connectivity index (χ0v) is 12.1. The smallest absolute Gasteiger partial charge is 0.252 e. The average Bonchev–Trinajstić information content (AvgIpc) is 2.78. The third-order valence-corrected chi connectivity index (χ3v) is 3.75. The van der Waals surface area contributed by atoms with Crippen molar-refractivity contribution in [2.24, 2.45) is 0 Å². The van der Waals surface area contributed by atoms with Crippen LogP contribution in [0.15, 0.2) is 41.2 Å². The number of carbonyl (C=O) groups is 1. The van der Waals surface area contributed by atoms with E-state index in [1.54, 1.807) is 0 Å². The number of hydrogen-bond acceptors (Lipinski definition) is 3. The number of nitrogens with zero attached hydrogens (tertiary/aromatic N) is 2. The average molecular weight is 334 g/mol. The highest BCUT2D eigenvalue weighted by Gasteiger charge is 2.30. The van der Waals surface area contributed by atoms with Crippen LogP contribution in [0, 0.1) is 0 Å². The Hall–Kier alpha value is -1.95. The summed E-state index contributed by atoms with van der Waals surface area (Å²) in [4.78, 5) is 32.3. The van der Waals surface area contributed by atoms with Gasteiger partial charge in [0, 0.05) is 29.4 Å². The summed E-state index contributed by atoms with van der Waals surface area (Å²) < 4.78 is 0. The summed E-state index contributed by atoms with van der Waals surface area (Å²) >= 11 is 3.42. The molecule has 1 saturated heterocycles. The Morgan fingerprint density at radius 3 is 2.65 bits per heavy atom. The molecule has 20 heavy (non-hydrogen) atoms. The number of benzene rings is 1. The topological polar surface area (TPSA) is 66.1 Å². The molecular formula is C14H12BrN3O2. The van der Waals surface area contributed by atoms with Crippen LogP contribution in [0.5, 0.6) is 0 Å². The maximum atomic E-state index is 11.9. The number of alkyl halides is 1. The quantitative estimate of drug-likeness (QED) is 0.854. The van der Waals surface area contributed by atoms with Crippen molar-refractivity contribution in [1.29, 1.82) is 0 Å². The second kappa shape index (κ2) is 5.20. The van der Waals surface area contributed by atoms with Crippen LogP contribution >= 0.6 is 15.9 Å². The fourth-order valence-electron chi connectivity index (χ4n) is 2.20. The molecule has 1 aliphatic heterocycles. The Labute approximate surface area is 123 Å². The van der Waals surface area contributed by atoms with Crippen molar-refractivity contribution in [2.45, 2.75) is 11.2 Å². The lowest BCUT2D eigenvalue weighted by Crippen LogP contribution is -2.28. The van der Waals surface area contributed by atoms with E-state index in [0.29, 0.717) is 24.6 Å². The van der Waals surface area contributed by atoms with Crippen molar-refractivity contribution >= 4 is 27.8 Å². The SMILES string of the molecule is O=C1CC(Br)CN1c1nc(-c2ccccc2)cc(=O)[nH]1. The zero-order chi connectivity index (χ0) is 14.1. The van der Waals surface area contributed by atoms with Crippen LogP contribution in [-0.4, -0.2) is 27.2 Å². The summed E-state index contributed by atoms with van der Waals surface area (Å²) in [6.07, 6.45) is 0.416. The summed E-state index contributed by atoms with van der Waals surface area (Å²) in [6.45, 7) is 0.514. The van der Waals surface area contributed by atoms with E-state index in [1.807, 2.05) is 30.3 Å². The molecule has 1 unspecified atom stereocenters. The van der Waals surface area contributed by atoms with Gasteiger partial charge in [0.15, 0.2) is 0 Å². The Kier molecular flexibility index (Phi) is 3.40. The third-order valence-electron chi connectivity index (χ3n) is 3.13. The van der Waals surface area contributed by atoms with Gasteiger partial charge in [-0.25, -0.2) is 4.98 Å². The number of halogens is 1. The minimum Gasteiger partial charge on any atom is -0.292 e. The molecule has 1 aromatic heterocycles. The summed E-state index contributed by atoms with van der Waals surface area (Å²) in [5, 5.41) is 0. The number of H-pyrrole nitrogens is 1. The van der Waals surface area contributed by atoms with Gasteiger partial charge in [0.2, 0.25) is 11.9 Å². The number of aromatic nitrogens is 2. The number of aromatic amines is 1. The standard InChI is InChI=1S/C14H12BrN3O2/c15-10-6-13(20)18(8-10)14-16-11(7-12(19)17-14)9-4-2-1-3-5-9/h1-5,7,10H,6,8H2,(H,16,17,19). The molecule has 1 atom stereocenters. The highest BCUT2D eigenvalue weighted by molar-refractivity contribution is 9.09. The number of amides is 1. The maximum Gasteiger partial charge on any atom is 0.252 e. The maximum absolute atomic E-state index is 11.9. The Bertz CT molecular complexity index is 699. The minimum atomic E-state index is -0.264. The summed E-state index contributed by atoms with van der Waals surface area (Å²) in [7, 11) is 0. The minimum absolute atomic E-state index is 0.0414. The molecule has 3 rings (SSSR count). The highest BCUT2D eigenvalue weighted by Crippen LogP contribution is 2.23. The third kappa shape index (κ3) is 2.51. The van der Waals surface area contributed by atoms with Crippen LogP contribution < -0.4 is 10.5 Å². The number of rotatable bonds is 2. The van der Waals surface area contributed by atoms with Gasteiger partial charge in [-0.2, -0.15) is 0 Å². The Morgan fingerprint density at radius 2 is 2.00 bits per heavy atom. The first kappa shape index (κ1) is 13.1. The number of hydrogen-bond donors (Lipinski definition) is 1. The number of carbonyl (C=O) groups excluding carboxylic acids is 1. The molecule has 102 valence electrons. The molecule has 1 fully saturated rings. The van der Waals surface area contributed by atoms with Gasteiger partial charge >= 0.3 is 0 Å². The fourth-order valence-corrected chi connectivity index (χ4v) is 2.76. The van der Waals surface area contributed by atoms with E-state index in [2.05, 4.69) is 25.9 Å². The lowest BCUT2D eigenvalue weighted by molar-refractivity contribution is -0.117. The van der Waals surface area contributed by atoms with Gasteiger partial charge in [0.05, 0.1) is 5.69 Å². The van der Waals surface area contributed by atoms with E-state index in [4.69, 9.17) is 0 Å². The van der Waals surface area contributed by atoms with Crippen molar-refractivity contribution in [1.82, 2.24) is 9.97 Å². The molecule has 1 amide bonds. The number of nitrogens with one attached hydrogen (secondary N) is 1. The van der Waals surface area contributed by atoms with Gasteiger partial charge in [-0.3, -0.25) is 19.5 Å². The van der Waals surface area contributed by atoms with E-state index in [0.717, 1.165) is 5.56 Å². The molecule has 0 bridgehead atoms. The van der Waals surface area contributed by atoms with Crippen LogP contribution in [-0.2, 0) is 4.79 Å². The van der Waals surface area contributed by atoms with Gasteiger partial charge in [-0.15, -0.1) is 0 Å². The first-order chi connectivity index (χ1) is 9.63. The van der Waals surface area contributed by atoms with Crippen LogP contribution in [0.25, 0.3) is 11.3 Å². The molecular weight excluding hydrogens is 322 g/mol. The molecule has 2 heterocycles. The van der Waals surface area contributed by atoms with Crippen LogP contribution in [0.4, 0.5) is 5.95 Å². The van der Waals surface area contributed by atoms with Crippen molar-refractivity contribution < 1.29 is 4.79 Å². The first-order valence-corrected chi connectivity index (χ1v) is 7.16. The number of anilines is 1. The Morgan fingerprint density at radius 1 is 1.25 bits per heavy atom. The lowest BCUT2D eigenvalue weighted by atomic mass is 10.1. The van der Waals surface area contributed by atoms with Gasteiger partial charge in [0.1, 0.15) is 0 Å². The normalized spacial score (nSPS) is 18.6. The van der Waals surface area contributed by atoms with Gasteiger partial charge in [-0.05, 0) is 0 Å². The van der Waals surface area contributed by atoms with Crippen LogP contribution in [0.3, 0.4) is 0 Å². The van der Waals surface area contributed by atoms with Crippen LogP contribution in [0.2, 0.25) is 0 Å². The molecule has 6 heteroatoms. The Balaban J connectivity index is 2.04. The predicted molar refractivity (Wildman–Crippen MR) is 80.0 cm³/mol. The monoisotopic (exact) mass is 333 g/mol. The summed E-state index contributed by atoms with van der Waals surface area (Å²) in [5.41, 5.74) is 1.15.